The van der Waals surface area contributed by atoms with Gasteiger partial charge in [-0.05, 0) is 49.2 Å². The summed E-state index contributed by atoms with van der Waals surface area (Å²) in [6, 6.07) is 19.2. The maximum Gasteiger partial charge on any atom is 0.260 e. The zero-order chi connectivity index (χ0) is 19.9. The second-order valence-corrected chi connectivity index (χ2v) is 7.09. The van der Waals surface area contributed by atoms with Gasteiger partial charge in [0.25, 0.3) is 5.91 Å². The summed E-state index contributed by atoms with van der Waals surface area (Å²) in [6.45, 7) is 1.51. The number of nitrogens with zero attached hydrogens (tertiary/aromatic N) is 3. The monoisotopic (exact) mass is 388 g/mol. The molecule has 0 unspecified atom stereocenters. The molecule has 2 aromatic heterocycles. The molecule has 0 bridgehead atoms. The molecule has 29 heavy (non-hydrogen) atoms. The van der Waals surface area contributed by atoms with Crippen LogP contribution in [-0.2, 0) is 4.79 Å². The Morgan fingerprint density at radius 3 is 2.69 bits per heavy atom. The van der Waals surface area contributed by atoms with Gasteiger partial charge in [0, 0.05) is 30.9 Å². The number of likely N-dealkylation sites (tertiary alicyclic amines) is 1. The first-order valence-electron chi connectivity index (χ1n) is 9.87. The highest BCUT2D eigenvalue weighted by atomic mass is 16.5. The lowest BCUT2D eigenvalue weighted by Gasteiger charge is -2.32. The van der Waals surface area contributed by atoms with Gasteiger partial charge in [0.15, 0.2) is 6.61 Å². The van der Waals surface area contributed by atoms with Gasteiger partial charge in [-0.25, -0.2) is 4.98 Å². The smallest absolute Gasteiger partial charge is 0.260 e. The van der Waals surface area contributed by atoms with Crippen molar-refractivity contribution >= 4 is 17.4 Å². The van der Waals surface area contributed by atoms with Crippen LogP contribution in [0, 0.1) is 0 Å². The molecule has 1 saturated heterocycles. The zero-order valence-electron chi connectivity index (χ0n) is 16.2. The minimum Gasteiger partial charge on any atom is -0.484 e. The standard InChI is InChI=1S/C23H24N4O2/c28-23(17-29-20-8-2-1-3-9-20)27-14-6-7-18(16-27)21-12-11-19(15-25-21)26-22-10-4-5-13-24-22/h1-5,8-13,15,18H,6-7,14,16-17H2,(H,24,26)/t18-/m0/s1. The first-order chi connectivity index (χ1) is 14.3. The lowest BCUT2D eigenvalue weighted by molar-refractivity contribution is -0.134. The van der Waals surface area contributed by atoms with Crippen molar-refractivity contribution in [1.82, 2.24) is 14.9 Å². The SMILES string of the molecule is O=C(COc1ccccc1)N1CCC[C@H](c2ccc(Nc3ccccn3)cn2)C1. The number of benzene rings is 1. The summed E-state index contributed by atoms with van der Waals surface area (Å²) in [5.74, 6) is 1.77. The van der Waals surface area contributed by atoms with Crippen LogP contribution in [0.5, 0.6) is 5.75 Å². The third kappa shape index (κ3) is 5.10. The Hall–Kier alpha value is -3.41. The molecule has 1 amide bonds. The van der Waals surface area contributed by atoms with E-state index in [1.165, 1.54) is 0 Å². The quantitative estimate of drug-likeness (QED) is 0.691. The van der Waals surface area contributed by atoms with Gasteiger partial charge in [-0.3, -0.25) is 9.78 Å². The summed E-state index contributed by atoms with van der Waals surface area (Å²) in [5, 5.41) is 3.24. The molecule has 1 atom stereocenters. The number of ether oxygens (including phenoxy) is 1. The van der Waals surface area contributed by atoms with Crippen LogP contribution in [0.25, 0.3) is 0 Å². The van der Waals surface area contributed by atoms with Gasteiger partial charge in [-0.15, -0.1) is 0 Å². The van der Waals surface area contributed by atoms with Crippen LogP contribution in [-0.4, -0.2) is 40.5 Å². The maximum absolute atomic E-state index is 12.6. The first kappa shape index (κ1) is 18.9. The number of hydrogen-bond donors (Lipinski definition) is 1. The van der Waals surface area contributed by atoms with E-state index in [0.29, 0.717) is 12.3 Å². The van der Waals surface area contributed by atoms with Crippen molar-refractivity contribution in [1.29, 1.82) is 0 Å². The van der Waals surface area contributed by atoms with Crippen molar-refractivity contribution in [2.45, 2.75) is 18.8 Å². The molecular formula is C23H24N4O2. The molecular weight excluding hydrogens is 364 g/mol. The van der Waals surface area contributed by atoms with Gasteiger partial charge in [0.05, 0.1) is 11.9 Å². The van der Waals surface area contributed by atoms with Crippen LogP contribution < -0.4 is 10.1 Å². The molecule has 6 heteroatoms. The number of piperidine rings is 1. The molecule has 3 heterocycles. The van der Waals surface area contributed by atoms with Gasteiger partial charge in [0.2, 0.25) is 0 Å². The molecule has 1 aromatic carbocycles. The van der Waals surface area contributed by atoms with Crippen molar-refractivity contribution < 1.29 is 9.53 Å². The highest BCUT2D eigenvalue weighted by Crippen LogP contribution is 2.26. The van der Waals surface area contributed by atoms with Crippen LogP contribution in [0.1, 0.15) is 24.5 Å². The fraction of sp³-hybridized carbons (Fsp3) is 0.261. The molecule has 1 aliphatic heterocycles. The van der Waals surface area contributed by atoms with Gasteiger partial charge < -0.3 is 15.0 Å². The van der Waals surface area contributed by atoms with E-state index in [9.17, 15) is 4.79 Å². The molecule has 1 fully saturated rings. The van der Waals surface area contributed by atoms with Gasteiger partial charge in [-0.1, -0.05) is 24.3 Å². The van der Waals surface area contributed by atoms with Crippen LogP contribution in [0.2, 0.25) is 0 Å². The van der Waals surface area contributed by atoms with Gasteiger partial charge in [0.1, 0.15) is 11.6 Å². The second-order valence-electron chi connectivity index (χ2n) is 7.09. The average Bonchev–Trinajstić information content (AvgIpc) is 2.79. The maximum atomic E-state index is 12.6. The summed E-state index contributed by atoms with van der Waals surface area (Å²) >= 11 is 0. The van der Waals surface area contributed by atoms with Gasteiger partial charge in [-0.2, -0.15) is 0 Å². The van der Waals surface area contributed by atoms with Crippen molar-refractivity contribution in [2.24, 2.45) is 0 Å². The molecule has 3 aromatic rings. The van der Waals surface area contributed by atoms with E-state index in [1.54, 1.807) is 6.20 Å². The fourth-order valence-electron chi connectivity index (χ4n) is 3.50. The Morgan fingerprint density at radius 1 is 1.07 bits per heavy atom. The zero-order valence-corrected chi connectivity index (χ0v) is 16.2. The van der Waals surface area contributed by atoms with E-state index in [0.717, 1.165) is 36.6 Å². The van der Waals surface area contributed by atoms with E-state index in [1.807, 2.05) is 71.8 Å². The van der Waals surface area contributed by atoms with E-state index >= 15 is 0 Å². The average molecular weight is 388 g/mol. The lowest BCUT2D eigenvalue weighted by atomic mass is 9.94. The number of para-hydroxylation sites is 1. The molecule has 148 valence electrons. The molecule has 0 spiro atoms. The number of carbonyl (C=O) groups excluding carboxylic acids is 1. The summed E-state index contributed by atoms with van der Waals surface area (Å²) < 4.78 is 5.61. The Bertz CT molecular complexity index is 917. The Labute approximate surface area is 170 Å². The molecule has 4 rings (SSSR count). The molecule has 6 nitrogen and oxygen atoms in total. The number of anilines is 2. The molecule has 0 saturated carbocycles. The van der Waals surface area contributed by atoms with Crippen molar-refractivity contribution in [3.63, 3.8) is 0 Å². The predicted molar refractivity (Wildman–Crippen MR) is 112 cm³/mol. The Morgan fingerprint density at radius 2 is 1.93 bits per heavy atom. The summed E-state index contributed by atoms with van der Waals surface area (Å²) in [7, 11) is 0. The van der Waals surface area contributed by atoms with Crippen molar-refractivity contribution in [3.05, 3.63) is 78.8 Å². The van der Waals surface area contributed by atoms with Gasteiger partial charge >= 0.3 is 0 Å². The molecule has 0 radical (unpaired) electrons. The number of rotatable bonds is 6. The second kappa shape index (κ2) is 9.19. The van der Waals surface area contributed by atoms with E-state index in [2.05, 4.69) is 15.3 Å². The van der Waals surface area contributed by atoms with E-state index in [-0.39, 0.29) is 18.4 Å². The third-order valence-electron chi connectivity index (χ3n) is 5.02. The highest BCUT2D eigenvalue weighted by Gasteiger charge is 2.25. The van der Waals surface area contributed by atoms with Crippen LogP contribution in [0.3, 0.4) is 0 Å². The minimum atomic E-state index is 0.0204. The first-order valence-corrected chi connectivity index (χ1v) is 9.87. The number of aromatic nitrogens is 2. The topological polar surface area (TPSA) is 67.3 Å². The Kier molecular flexibility index (Phi) is 6.00. The summed E-state index contributed by atoms with van der Waals surface area (Å²) in [6.07, 6.45) is 5.57. The number of carbonyl (C=O) groups is 1. The van der Waals surface area contributed by atoms with Crippen LogP contribution >= 0.6 is 0 Å². The highest BCUT2D eigenvalue weighted by molar-refractivity contribution is 5.78. The number of pyridine rings is 2. The minimum absolute atomic E-state index is 0.0204. The predicted octanol–water partition coefficient (Wildman–Crippen LogP) is 4.01. The number of hydrogen-bond acceptors (Lipinski definition) is 5. The van der Waals surface area contributed by atoms with Crippen LogP contribution in [0.4, 0.5) is 11.5 Å². The van der Waals surface area contributed by atoms with E-state index < -0.39 is 0 Å². The number of amides is 1. The summed E-state index contributed by atoms with van der Waals surface area (Å²) in [4.78, 5) is 23.3. The lowest BCUT2D eigenvalue weighted by Crippen LogP contribution is -2.41. The molecule has 1 N–H and O–H groups in total. The fourth-order valence-corrected chi connectivity index (χ4v) is 3.50. The van der Waals surface area contributed by atoms with Crippen LogP contribution in [0.15, 0.2) is 73.1 Å². The number of nitrogens with one attached hydrogen (secondary N) is 1. The largest absolute Gasteiger partial charge is 0.484 e. The molecule has 1 aliphatic rings. The van der Waals surface area contributed by atoms with Crippen molar-refractivity contribution in [2.75, 3.05) is 25.0 Å². The third-order valence-corrected chi connectivity index (χ3v) is 5.02. The van der Waals surface area contributed by atoms with Crippen molar-refractivity contribution in [3.8, 4) is 5.75 Å². The summed E-state index contributed by atoms with van der Waals surface area (Å²) in [5.41, 5.74) is 1.91. The Balaban J connectivity index is 1.33. The van der Waals surface area contributed by atoms with E-state index in [4.69, 9.17) is 4.74 Å². The molecule has 0 aliphatic carbocycles. The normalized spacial score (nSPS) is 16.3.